The van der Waals surface area contributed by atoms with Crippen LogP contribution in [-0.4, -0.2) is 22.4 Å². The van der Waals surface area contributed by atoms with E-state index in [2.05, 4.69) is 15.3 Å². The monoisotopic (exact) mass is 276 g/mol. The van der Waals surface area contributed by atoms with Gasteiger partial charge in [0.1, 0.15) is 11.5 Å². The first-order valence-corrected chi connectivity index (χ1v) is 6.13. The van der Waals surface area contributed by atoms with E-state index >= 15 is 0 Å². The van der Waals surface area contributed by atoms with Gasteiger partial charge in [-0.15, -0.1) is 0 Å². The highest BCUT2D eigenvalue weighted by atomic mass is 35.5. The molecule has 0 aliphatic carbocycles. The lowest BCUT2D eigenvalue weighted by Crippen LogP contribution is -2.15. The van der Waals surface area contributed by atoms with E-state index in [1.54, 1.807) is 6.20 Å². The Kier molecular flexibility index (Phi) is 4.30. The second kappa shape index (κ2) is 6.15. The fraction of sp³-hybridized carbons (Fsp3) is 0.154. The molecule has 19 heavy (non-hydrogen) atoms. The first-order valence-electron chi connectivity index (χ1n) is 5.75. The van der Waals surface area contributed by atoms with Crippen molar-refractivity contribution in [3.05, 3.63) is 52.9 Å². The molecule has 1 amide bonds. The Morgan fingerprint density at radius 2 is 2.00 bits per heavy atom. The molecule has 0 radical (unpaired) electrons. The van der Waals surface area contributed by atoms with Gasteiger partial charge in [0.25, 0.3) is 5.91 Å². The van der Waals surface area contributed by atoms with Crippen LogP contribution in [0.25, 0.3) is 0 Å². The maximum Gasteiger partial charge on any atom is 0.268 e. The number of benzene rings is 1. The Labute approximate surface area is 115 Å². The van der Waals surface area contributed by atoms with Crippen LogP contribution in [0, 0.1) is 0 Å². The van der Waals surface area contributed by atoms with Crippen LogP contribution in [0.4, 0.5) is 5.82 Å². The number of nitrogens with zero attached hydrogens (tertiary/aromatic N) is 2. The van der Waals surface area contributed by atoms with Gasteiger partial charge in [-0.1, -0.05) is 23.7 Å². The molecular weight excluding hydrogens is 264 g/mol. The molecule has 2 aromatic rings. The predicted molar refractivity (Wildman–Crippen MR) is 74.2 cm³/mol. The van der Waals surface area contributed by atoms with Gasteiger partial charge in [0.05, 0.1) is 12.4 Å². The molecule has 1 aromatic carbocycles. The van der Waals surface area contributed by atoms with Gasteiger partial charge in [-0.3, -0.25) is 9.78 Å². The zero-order valence-electron chi connectivity index (χ0n) is 10.1. The minimum absolute atomic E-state index is 0.150. The average Bonchev–Trinajstić information content (AvgIpc) is 2.41. The van der Waals surface area contributed by atoms with E-state index < -0.39 is 5.91 Å². The summed E-state index contributed by atoms with van der Waals surface area (Å²) in [6.07, 6.45) is 3.71. The van der Waals surface area contributed by atoms with Gasteiger partial charge in [0.2, 0.25) is 0 Å². The number of aromatic nitrogens is 2. The first kappa shape index (κ1) is 13.3. The van der Waals surface area contributed by atoms with Crippen molar-refractivity contribution in [1.82, 2.24) is 9.97 Å². The lowest BCUT2D eigenvalue weighted by atomic mass is 10.1. The van der Waals surface area contributed by atoms with E-state index in [1.807, 2.05) is 24.3 Å². The maximum absolute atomic E-state index is 11.0. The molecule has 0 aliphatic rings. The van der Waals surface area contributed by atoms with E-state index in [0.717, 1.165) is 17.0 Å². The summed E-state index contributed by atoms with van der Waals surface area (Å²) < 4.78 is 0. The number of hydrogen-bond donors (Lipinski definition) is 2. The fourth-order valence-electron chi connectivity index (χ4n) is 1.56. The maximum atomic E-state index is 11.0. The standard InChI is InChI=1S/C13H13ClN4O/c14-10-3-1-9(2-4-10)5-6-17-12-8-16-7-11(18-12)13(15)19/h1-4,7-8H,5-6H2,(H2,15,19)(H,17,18). The highest BCUT2D eigenvalue weighted by molar-refractivity contribution is 6.30. The summed E-state index contributed by atoms with van der Waals surface area (Å²) in [5.41, 5.74) is 6.45. The highest BCUT2D eigenvalue weighted by Crippen LogP contribution is 2.10. The Hall–Kier alpha value is -2.14. The smallest absolute Gasteiger partial charge is 0.268 e. The number of hydrogen-bond acceptors (Lipinski definition) is 4. The predicted octanol–water partition coefficient (Wildman–Crippen LogP) is 1.88. The summed E-state index contributed by atoms with van der Waals surface area (Å²) in [5, 5.41) is 3.81. The van der Waals surface area contributed by atoms with Crippen LogP contribution in [-0.2, 0) is 6.42 Å². The number of carbonyl (C=O) groups is 1. The van der Waals surface area contributed by atoms with Crippen LogP contribution in [0.5, 0.6) is 0 Å². The molecule has 0 atom stereocenters. The van der Waals surface area contributed by atoms with Crippen molar-refractivity contribution in [3.8, 4) is 0 Å². The number of halogens is 1. The molecule has 0 bridgehead atoms. The molecule has 6 heteroatoms. The summed E-state index contributed by atoms with van der Waals surface area (Å²) >= 11 is 5.81. The second-order valence-electron chi connectivity index (χ2n) is 3.96. The highest BCUT2D eigenvalue weighted by Gasteiger charge is 2.03. The largest absolute Gasteiger partial charge is 0.368 e. The fourth-order valence-corrected chi connectivity index (χ4v) is 1.68. The minimum atomic E-state index is -0.589. The zero-order valence-corrected chi connectivity index (χ0v) is 10.9. The normalized spacial score (nSPS) is 10.2. The quantitative estimate of drug-likeness (QED) is 0.874. The number of nitrogens with two attached hydrogens (primary N) is 1. The van der Waals surface area contributed by atoms with Crippen molar-refractivity contribution in [2.24, 2.45) is 5.73 Å². The average molecular weight is 277 g/mol. The third-order valence-corrected chi connectivity index (χ3v) is 2.77. The van der Waals surface area contributed by atoms with Crippen molar-refractivity contribution in [2.75, 3.05) is 11.9 Å². The molecule has 2 rings (SSSR count). The van der Waals surface area contributed by atoms with Crippen molar-refractivity contribution in [3.63, 3.8) is 0 Å². The molecule has 0 aliphatic heterocycles. The van der Waals surface area contributed by atoms with Crippen LogP contribution in [0.15, 0.2) is 36.7 Å². The van der Waals surface area contributed by atoms with Gasteiger partial charge >= 0.3 is 0 Å². The van der Waals surface area contributed by atoms with Crippen LogP contribution in [0.2, 0.25) is 5.02 Å². The SMILES string of the molecule is NC(=O)c1cncc(NCCc2ccc(Cl)cc2)n1. The Balaban J connectivity index is 1.90. The van der Waals surface area contributed by atoms with E-state index in [0.29, 0.717) is 12.4 Å². The topological polar surface area (TPSA) is 80.9 Å². The number of anilines is 1. The number of carbonyl (C=O) groups excluding carboxylic acids is 1. The first-order chi connectivity index (χ1) is 9.15. The summed E-state index contributed by atoms with van der Waals surface area (Å²) in [4.78, 5) is 18.9. The Morgan fingerprint density at radius 3 is 2.68 bits per heavy atom. The molecule has 0 saturated heterocycles. The molecular formula is C13H13ClN4O. The van der Waals surface area contributed by atoms with Crippen molar-refractivity contribution in [2.45, 2.75) is 6.42 Å². The molecule has 1 heterocycles. The summed E-state index contributed by atoms with van der Waals surface area (Å²) in [6, 6.07) is 7.64. The van der Waals surface area contributed by atoms with Crippen LogP contribution in [0.1, 0.15) is 16.1 Å². The van der Waals surface area contributed by atoms with Gasteiger partial charge < -0.3 is 11.1 Å². The van der Waals surface area contributed by atoms with Gasteiger partial charge in [0, 0.05) is 11.6 Å². The number of amides is 1. The molecule has 5 nitrogen and oxygen atoms in total. The lowest BCUT2D eigenvalue weighted by molar-refractivity contribution is 0.0995. The van der Waals surface area contributed by atoms with E-state index in [-0.39, 0.29) is 5.69 Å². The zero-order chi connectivity index (χ0) is 13.7. The molecule has 3 N–H and O–H groups in total. The summed E-state index contributed by atoms with van der Waals surface area (Å²) in [7, 11) is 0. The van der Waals surface area contributed by atoms with Crippen LogP contribution >= 0.6 is 11.6 Å². The molecule has 1 aromatic heterocycles. The van der Waals surface area contributed by atoms with Crippen molar-refractivity contribution >= 4 is 23.3 Å². The lowest BCUT2D eigenvalue weighted by Gasteiger charge is -2.06. The van der Waals surface area contributed by atoms with Gasteiger partial charge in [-0.25, -0.2) is 4.98 Å². The third-order valence-electron chi connectivity index (χ3n) is 2.52. The number of nitrogens with one attached hydrogen (secondary N) is 1. The van der Waals surface area contributed by atoms with Crippen molar-refractivity contribution in [1.29, 1.82) is 0 Å². The van der Waals surface area contributed by atoms with E-state index in [1.165, 1.54) is 6.20 Å². The van der Waals surface area contributed by atoms with Gasteiger partial charge in [-0.2, -0.15) is 0 Å². The van der Waals surface area contributed by atoms with Crippen molar-refractivity contribution < 1.29 is 4.79 Å². The summed E-state index contributed by atoms with van der Waals surface area (Å²) in [6.45, 7) is 0.679. The number of primary amides is 1. The Morgan fingerprint density at radius 1 is 1.26 bits per heavy atom. The molecule has 98 valence electrons. The van der Waals surface area contributed by atoms with E-state index in [4.69, 9.17) is 17.3 Å². The van der Waals surface area contributed by atoms with Crippen LogP contribution < -0.4 is 11.1 Å². The van der Waals surface area contributed by atoms with Crippen LogP contribution in [0.3, 0.4) is 0 Å². The Bertz CT molecular complexity index is 571. The molecule has 0 spiro atoms. The van der Waals surface area contributed by atoms with E-state index in [9.17, 15) is 4.79 Å². The second-order valence-corrected chi connectivity index (χ2v) is 4.39. The molecule has 0 fully saturated rings. The molecule has 0 saturated carbocycles. The summed E-state index contributed by atoms with van der Waals surface area (Å²) in [5.74, 6) is -0.0564. The molecule has 0 unspecified atom stereocenters. The van der Waals surface area contributed by atoms with Gasteiger partial charge in [-0.05, 0) is 24.1 Å². The third kappa shape index (κ3) is 3.93. The minimum Gasteiger partial charge on any atom is -0.368 e. The van der Waals surface area contributed by atoms with Gasteiger partial charge in [0.15, 0.2) is 0 Å². The number of rotatable bonds is 5.